The van der Waals surface area contributed by atoms with Crippen LogP contribution < -0.4 is 5.32 Å². The molecule has 1 aliphatic rings. The first kappa shape index (κ1) is 13.8. The van der Waals surface area contributed by atoms with Gasteiger partial charge in [0.2, 0.25) is 0 Å². The number of nitrogens with zero attached hydrogens (tertiary/aromatic N) is 2. The maximum absolute atomic E-state index is 4.49. The molecule has 4 heteroatoms. The number of hydrogen-bond acceptors (Lipinski definition) is 3. The molecule has 0 saturated heterocycles. The summed E-state index contributed by atoms with van der Waals surface area (Å²) in [5.41, 5.74) is 0. The normalized spacial score (nSPS) is 16.6. The largest absolute Gasteiger partial charge is 0.368 e. The van der Waals surface area contributed by atoms with Crippen molar-refractivity contribution in [2.45, 2.75) is 31.8 Å². The summed E-state index contributed by atoms with van der Waals surface area (Å²) in [7, 11) is 2.22. The summed E-state index contributed by atoms with van der Waals surface area (Å²) >= 11 is 3.60. The molecule has 2 aromatic rings. The topological polar surface area (TPSA) is 28.2 Å². The number of nitrogens with one attached hydrogen (secondary N) is 1. The number of benzene rings is 1. The molecule has 0 aliphatic heterocycles. The molecule has 106 valence electrons. The Bertz CT molecular complexity index is 610. The molecule has 1 aliphatic carbocycles. The lowest BCUT2D eigenvalue weighted by molar-refractivity contribution is 0.257. The van der Waals surface area contributed by atoms with E-state index in [1.54, 1.807) is 0 Å². The van der Waals surface area contributed by atoms with Crippen LogP contribution in [0.15, 0.2) is 34.9 Å². The first-order valence-corrected chi connectivity index (χ1v) is 7.95. The molecular formula is C16H20BrN3. The van der Waals surface area contributed by atoms with Crippen molar-refractivity contribution in [2.75, 3.05) is 18.9 Å². The van der Waals surface area contributed by atoms with Crippen LogP contribution in [-0.2, 0) is 0 Å². The molecule has 0 amide bonds. The number of likely N-dealkylation sites (N-methyl/N-ethyl adjacent to an activating group) is 1. The van der Waals surface area contributed by atoms with E-state index in [0.717, 1.165) is 22.9 Å². The Labute approximate surface area is 128 Å². The summed E-state index contributed by atoms with van der Waals surface area (Å²) < 4.78 is 1.11. The third kappa shape index (κ3) is 2.81. The van der Waals surface area contributed by atoms with Crippen LogP contribution in [-0.4, -0.2) is 35.6 Å². The molecule has 20 heavy (non-hydrogen) atoms. The third-order valence-electron chi connectivity index (χ3n) is 4.14. The quantitative estimate of drug-likeness (QED) is 0.899. The Morgan fingerprint density at radius 3 is 2.90 bits per heavy atom. The SMILES string of the molecule is CC(CNc1nccc2c(Br)cccc12)N(C)C1CC1. The molecule has 1 fully saturated rings. The van der Waals surface area contributed by atoms with Gasteiger partial charge in [-0.1, -0.05) is 28.1 Å². The summed E-state index contributed by atoms with van der Waals surface area (Å²) in [6, 6.07) is 9.59. The van der Waals surface area contributed by atoms with Crippen LogP contribution in [0.3, 0.4) is 0 Å². The van der Waals surface area contributed by atoms with Crippen molar-refractivity contribution in [1.82, 2.24) is 9.88 Å². The molecule has 1 unspecified atom stereocenters. The highest BCUT2D eigenvalue weighted by Gasteiger charge is 2.28. The van der Waals surface area contributed by atoms with E-state index in [-0.39, 0.29) is 0 Å². The second kappa shape index (κ2) is 5.70. The van der Waals surface area contributed by atoms with E-state index in [1.165, 1.54) is 23.6 Å². The van der Waals surface area contributed by atoms with Gasteiger partial charge in [0.25, 0.3) is 0 Å². The molecule has 1 aromatic heterocycles. The summed E-state index contributed by atoms with van der Waals surface area (Å²) in [6.45, 7) is 3.19. The number of halogens is 1. The van der Waals surface area contributed by atoms with Crippen LogP contribution in [0.5, 0.6) is 0 Å². The van der Waals surface area contributed by atoms with Crippen molar-refractivity contribution in [2.24, 2.45) is 0 Å². The lowest BCUT2D eigenvalue weighted by Gasteiger charge is -2.25. The number of anilines is 1. The first-order chi connectivity index (χ1) is 9.66. The van der Waals surface area contributed by atoms with E-state index in [2.05, 4.69) is 63.3 Å². The van der Waals surface area contributed by atoms with Gasteiger partial charge in [0.05, 0.1) is 0 Å². The van der Waals surface area contributed by atoms with Crippen LogP contribution >= 0.6 is 15.9 Å². The van der Waals surface area contributed by atoms with Gasteiger partial charge in [0, 0.05) is 40.1 Å². The number of aromatic nitrogens is 1. The van der Waals surface area contributed by atoms with Crippen molar-refractivity contribution in [3.05, 3.63) is 34.9 Å². The number of rotatable bonds is 5. The van der Waals surface area contributed by atoms with Crippen molar-refractivity contribution in [3.63, 3.8) is 0 Å². The Hall–Kier alpha value is -1.13. The van der Waals surface area contributed by atoms with Gasteiger partial charge < -0.3 is 5.32 Å². The molecule has 0 radical (unpaired) electrons. The van der Waals surface area contributed by atoms with Crippen LogP contribution in [0.1, 0.15) is 19.8 Å². The number of fused-ring (bicyclic) bond motifs is 1. The monoisotopic (exact) mass is 333 g/mol. The predicted octanol–water partition coefficient (Wildman–Crippen LogP) is 3.89. The Morgan fingerprint density at radius 2 is 2.15 bits per heavy atom. The number of hydrogen-bond donors (Lipinski definition) is 1. The Morgan fingerprint density at radius 1 is 1.35 bits per heavy atom. The smallest absolute Gasteiger partial charge is 0.133 e. The number of pyridine rings is 1. The zero-order valence-electron chi connectivity index (χ0n) is 11.9. The predicted molar refractivity (Wildman–Crippen MR) is 88.2 cm³/mol. The molecule has 0 spiro atoms. The van der Waals surface area contributed by atoms with Crippen LogP contribution in [0.25, 0.3) is 10.8 Å². The highest BCUT2D eigenvalue weighted by molar-refractivity contribution is 9.10. The lowest BCUT2D eigenvalue weighted by atomic mass is 10.1. The van der Waals surface area contributed by atoms with Gasteiger partial charge in [-0.2, -0.15) is 0 Å². The highest BCUT2D eigenvalue weighted by Crippen LogP contribution is 2.29. The van der Waals surface area contributed by atoms with Gasteiger partial charge >= 0.3 is 0 Å². The Kier molecular flexibility index (Phi) is 3.94. The third-order valence-corrected chi connectivity index (χ3v) is 4.83. The fourth-order valence-electron chi connectivity index (χ4n) is 2.54. The van der Waals surface area contributed by atoms with Gasteiger partial charge in [-0.05, 0) is 38.9 Å². The zero-order valence-corrected chi connectivity index (χ0v) is 13.5. The van der Waals surface area contributed by atoms with E-state index in [9.17, 15) is 0 Å². The average Bonchev–Trinajstić information content (AvgIpc) is 3.29. The standard InChI is InChI=1S/C16H20BrN3/c1-11(20(2)12-6-7-12)10-19-16-14-4-3-5-15(17)13(14)8-9-18-16/h3-5,8-9,11-12H,6-7,10H2,1-2H3,(H,18,19). The van der Waals surface area contributed by atoms with Crippen LogP contribution in [0.2, 0.25) is 0 Å². The molecule has 1 saturated carbocycles. The molecule has 1 heterocycles. The first-order valence-electron chi connectivity index (χ1n) is 7.16. The summed E-state index contributed by atoms with van der Waals surface area (Å²) in [4.78, 5) is 6.96. The minimum absolute atomic E-state index is 0.520. The van der Waals surface area contributed by atoms with E-state index in [4.69, 9.17) is 0 Å². The molecule has 0 bridgehead atoms. The van der Waals surface area contributed by atoms with Crippen LogP contribution in [0, 0.1) is 0 Å². The van der Waals surface area contributed by atoms with Gasteiger partial charge in [0.15, 0.2) is 0 Å². The zero-order chi connectivity index (χ0) is 14.1. The van der Waals surface area contributed by atoms with E-state index in [0.29, 0.717) is 6.04 Å². The summed E-state index contributed by atoms with van der Waals surface area (Å²) in [5, 5.41) is 5.88. The second-order valence-corrected chi connectivity index (χ2v) is 6.48. The highest BCUT2D eigenvalue weighted by atomic mass is 79.9. The average molecular weight is 334 g/mol. The van der Waals surface area contributed by atoms with Crippen molar-refractivity contribution in [1.29, 1.82) is 0 Å². The van der Waals surface area contributed by atoms with Gasteiger partial charge in [-0.25, -0.2) is 4.98 Å². The molecular weight excluding hydrogens is 314 g/mol. The van der Waals surface area contributed by atoms with Crippen molar-refractivity contribution in [3.8, 4) is 0 Å². The lowest BCUT2D eigenvalue weighted by Crippen LogP contribution is -2.36. The molecule has 1 aromatic carbocycles. The maximum Gasteiger partial charge on any atom is 0.133 e. The molecule has 3 rings (SSSR count). The summed E-state index contributed by atoms with van der Waals surface area (Å²) in [5.74, 6) is 0.972. The van der Waals surface area contributed by atoms with Crippen LogP contribution in [0.4, 0.5) is 5.82 Å². The fourth-order valence-corrected chi connectivity index (χ4v) is 3.04. The summed E-state index contributed by atoms with van der Waals surface area (Å²) in [6.07, 6.45) is 4.56. The molecule has 1 atom stereocenters. The van der Waals surface area contributed by atoms with Crippen molar-refractivity contribution >= 4 is 32.5 Å². The Balaban J connectivity index is 1.75. The van der Waals surface area contributed by atoms with Crippen molar-refractivity contribution < 1.29 is 0 Å². The minimum Gasteiger partial charge on any atom is -0.368 e. The van der Waals surface area contributed by atoms with Gasteiger partial charge in [-0.15, -0.1) is 0 Å². The molecule has 1 N–H and O–H groups in total. The molecule has 3 nitrogen and oxygen atoms in total. The van der Waals surface area contributed by atoms with E-state index in [1.807, 2.05) is 12.3 Å². The maximum atomic E-state index is 4.49. The second-order valence-electron chi connectivity index (χ2n) is 5.62. The van der Waals surface area contributed by atoms with Gasteiger partial charge in [-0.3, -0.25) is 4.90 Å². The minimum atomic E-state index is 0.520. The van der Waals surface area contributed by atoms with E-state index < -0.39 is 0 Å². The van der Waals surface area contributed by atoms with E-state index >= 15 is 0 Å². The fraction of sp³-hybridized carbons (Fsp3) is 0.438. The van der Waals surface area contributed by atoms with Gasteiger partial charge in [0.1, 0.15) is 5.82 Å².